The van der Waals surface area contributed by atoms with Crippen molar-refractivity contribution in [3.8, 4) is 0 Å². The number of aromatic nitrogens is 2. The van der Waals surface area contributed by atoms with Gasteiger partial charge < -0.3 is 9.55 Å². The van der Waals surface area contributed by atoms with Crippen LogP contribution in [-0.4, -0.2) is 9.55 Å². The topological polar surface area (TPSA) is 20.7 Å². The molecule has 1 aromatic heterocycles. The highest BCUT2D eigenvalue weighted by atomic mass is 35.5. The lowest BCUT2D eigenvalue weighted by Crippen LogP contribution is -2.02. The molecular formula is C14H9ClF2N2S. The monoisotopic (exact) mass is 310 g/mol. The van der Waals surface area contributed by atoms with E-state index in [9.17, 15) is 8.78 Å². The molecule has 0 saturated heterocycles. The third kappa shape index (κ3) is 2.23. The van der Waals surface area contributed by atoms with E-state index in [0.29, 0.717) is 20.9 Å². The number of halogens is 3. The summed E-state index contributed by atoms with van der Waals surface area (Å²) in [7, 11) is 0. The Kier molecular flexibility index (Phi) is 3.31. The zero-order valence-electron chi connectivity index (χ0n) is 10.2. The van der Waals surface area contributed by atoms with Gasteiger partial charge in [-0.25, -0.2) is 8.78 Å². The maximum Gasteiger partial charge on any atom is 0.178 e. The molecule has 2 nitrogen and oxygen atoms in total. The third-order valence-corrected chi connectivity index (χ3v) is 3.74. The minimum Gasteiger partial charge on any atom is -0.329 e. The second kappa shape index (κ2) is 5.00. The van der Waals surface area contributed by atoms with Crippen LogP contribution in [0.15, 0.2) is 36.4 Å². The van der Waals surface area contributed by atoms with E-state index in [1.165, 1.54) is 12.1 Å². The smallest absolute Gasteiger partial charge is 0.178 e. The molecule has 2 aromatic carbocycles. The van der Waals surface area contributed by atoms with E-state index in [0.717, 1.165) is 11.6 Å². The number of para-hydroxylation sites is 1. The van der Waals surface area contributed by atoms with Crippen molar-refractivity contribution < 1.29 is 8.78 Å². The first-order valence-electron chi connectivity index (χ1n) is 5.87. The van der Waals surface area contributed by atoms with Gasteiger partial charge in [0.1, 0.15) is 11.6 Å². The Morgan fingerprint density at radius 2 is 2.00 bits per heavy atom. The molecule has 0 bridgehead atoms. The Bertz CT molecular complexity index is 854. The highest BCUT2D eigenvalue weighted by Gasteiger charge is 2.10. The van der Waals surface area contributed by atoms with E-state index in [1.807, 2.05) is 6.07 Å². The Balaban J connectivity index is 2.13. The number of H-pyrrole nitrogens is 1. The van der Waals surface area contributed by atoms with Crippen molar-refractivity contribution in [3.63, 3.8) is 0 Å². The van der Waals surface area contributed by atoms with Gasteiger partial charge in [0.05, 0.1) is 22.6 Å². The highest BCUT2D eigenvalue weighted by Crippen LogP contribution is 2.23. The van der Waals surface area contributed by atoms with Crippen molar-refractivity contribution in [1.29, 1.82) is 0 Å². The van der Waals surface area contributed by atoms with Gasteiger partial charge in [0.15, 0.2) is 4.77 Å². The molecule has 1 heterocycles. The van der Waals surface area contributed by atoms with Crippen LogP contribution in [0.3, 0.4) is 0 Å². The molecule has 0 saturated carbocycles. The summed E-state index contributed by atoms with van der Waals surface area (Å²) in [6.07, 6.45) is 0. The van der Waals surface area contributed by atoms with Gasteiger partial charge in [-0.05, 0) is 30.4 Å². The van der Waals surface area contributed by atoms with E-state index in [-0.39, 0.29) is 6.54 Å². The molecule has 0 aliphatic carbocycles. The zero-order chi connectivity index (χ0) is 14.3. The normalized spacial score (nSPS) is 11.2. The van der Waals surface area contributed by atoms with Crippen LogP contribution in [0, 0.1) is 16.4 Å². The van der Waals surface area contributed by atoms with Gasteiger partial charge in [-0.3, -0.25) is 0 Å². The number of imidazole rings is 1. The fourth-order valence-electron chi connectivity index (χ4n) is 2.12. The first-order valence-corrected chi connectivity index (χ1v) is 6.66. The molecule has 1 N–H and O–H groups in total. The van der Waals surface area contributed by atoms with E-state index in [1.54, 1.807) is 16.7 Å². The number of benzene rings is 2. The molecule has 0 fully saturated rings. The minimum absolute atomic E-state index is 0.214. The fraction of sp³-hybridized carbons (Fsp3) is 0.0714. The Hall–Kier alpha value is -1.72. The van der Waals surface area contributed by atoms with Gasteiger partial charge in [-0.15, -0.1) is 0 Å². The number of hydrogen-bond acceptors (Lipinski definition) is 1. The van der Waals surface area contributed by atoms with Crippen LogP contribution in [0.25, 0.3) is 11.0 Å². The summed E-state index contributed by atoms with van der Waals surface area (Å²) in [5.74, 6) is -1.19. The summed E-state index contributed by atoms with van der Waals surface area (Å²) in [5.41, 5.74) is 1.86. The van der Waals surface area contributed by atoms with E-state index in [4.69, 9.17) is 23.8 Å². The number of hydrogen-bond donors (Lipinski definition) is 1. The minimum atomic E-state index is -0.600. The first-order chi connectivity index (χ1) is 9.56. The van der Waals surface area contributed by atoms with Crippen molar-refractivity contribution in [1.82, 2.24) is 9.55 Å². The summed E-state index contributed by atoms with van der Waals surface area (Å²) < 4.78 is 28.8. The van der Waals surface area contributed by atoms with E-state index < -0.39 is 11.6 Å². The number of aromatic amines is 1. The average molecular weight is 311 g/mol. The Morgan fingerprint density at radius 1 is 1.20 bits per heavy atom. The number of fused-ring (bicyclic) bond motifs is 1. The SMILES string of the molecule is Fc1ccc(Cn2c(=S)[nH]c3c(Cl)cccc32)c(F)c1. The zero-order valence-corrected chi connectivity index (χ0v) is 11.7. The standard InChI is InChI=1S/C14H9ClF2N2S/c15-10-2-1-3-12-13(10)18-14(20)19(12)7-8-4-5-9(16)6-11(8)17/h1-6H,7H2,(H,18,20). The van der Waals surface area contributed by atoms with Crippen molar-refractivity contribution in [3.05, 3.63) is 63.4 Å². The first kappa shape index (κ1) is 13.3. The van der Waals surface area contributed by atoms with E-state index >= 15 is 0 Å². The lowest BCUT2D eigenvalue weighted by molar-refractivity contribution is 0.567. The summed E-state index contributed by atoms with van der Waals surface area (Å²) >= 11 is 11.3. The molecular weight excluding hydrogens is 302 g/mol. The lowest BCUT2D eigenvalue weighted by atomic mass is 10.2. The predicted octanol–water partition coefficient (Wildman–Crippen LogP) is 4.68. The molecule has 20 heavy (non-hydrogen) atoms. The molecule has 102 valence electrons. The molecule has 0 atom stereocenters. The maximum absolute atomic E-state index is 13.7. The second-order valence-corrected chi connectivity index (χ2v) is 5.18. The van der Waals surface area contributed by atoms with Crippen LogP contribution < -0.4 is 0 Å². The Labute approximate surface area is 123 Å². The molecule has 6 heteroatoms. The van der Waals surface area contributed by atoms with Gasteiger partial charge >= 0.3 is 0 Å². The number of rotatable bonds is 2. The maximum atomic E-state index is 13.7. The average Bonchev–Trinajstić information content (AvgIpc) is 2.71. The largest absolute Gasteiger partial charge is 0.329 e. The Morgan fingerprint density at radius 3 is 2.75 bits per heavy atom. The van der Waals surface area contributed by atoms with Gasteiger partial charge in [0.25, 0.3) is 0 Å². The van der Waals surface area contributed by atoms with Crippen molar-refractivity contribution >= 4 is 34.9 Å². The molecule has 3 aromatic rings. The van der Waals surface area contributed by atoms with Crippen LogP contribution >= 0.6 is 23.8 Å². The molecule has 3 rings (SSSR count). The molecule has 0 spiro atoms. The molecule has 0 unspecified atom stereocenters. The highest BCUT2D eigenvalue weighted by molar-refractivity contribution is 7.71. The number of nitrogens with zero attached hydrogens (tertiary/aromatic N) is 1. The van der Waals surface area contributed by atoms with Gasteiger partial charge in [0, 0.05) is 11.6 Å². The molecule has 0 aliphatic heterocycles. The predicted molar refractivity (Wildman–Crippen MR) is 77.6 cm³/mol. The molecule has 0 amide bonds. The van der Waals surface area contributed by atoms with Gasteiger partial charge in [-0.2, -0.15) is 0 Å². The van der Waals surface area contributed by atoms with Crippen LogP contribution in [0.5, 0.6) is 0 Å². The summed E-state index contributed by atoms with van der Waals surface area (Å²) in [5, 5.41) is 0.548. The van der Waals surface area contributed by atoms with Crippen molar-refractivity contribution in [2.75, 3.05) is 0 Å². The van der Waals surface area contributed by atoms with Crippen LogP contribution in [0.1, 0.15) is 5.56 Å². The van der Waals surface area contributed by atoms with Crippen molar-refractivity contribution in [2.45, 2.75) is 6.54 Å². The van der Waals surface area contributed by atoms with Gasteiger partial charge in [-0.1, -0.05) is 23.7 Å². The fourth-order valence-corrected chi connectivity index (χ4v) is 2.60. The molecule has 0 radical (unpaired) electrons. The lowest BCUT2D eigenvalue weighted by Gasteiger charge is -2.06. The van der Waals surface area contributed by atoms with E-state index in [2.05, 4.69) is 4.98 Å². The summed E-state index contributed by atoms with van der Waals surface area (Å²) in [6, 6.07) is 8.89. The van der Waals surface area contributed by atoms with Crippen LogP contribution in [0.4, 0.5) is 8.78 Å². The summed E-state index contributed by atoms with van der Waals surface area (Å²) in [4.78, 5) is 3.00. The molecule has 0 aliphatic rings. The van der Waals surface area contributed by atoms with Gasteiger partial charge in [0.2, 0.25) is 0 Å². The third-order valence-electron chi connectivity index (χ3n) is 3.10. The van der Waals surface area contributed by atoms with Crippen molar-refractivity contribution in [2.24, 2.45) is 0 Å². The summed E-state index contributed by atoms with van der Waals surface area (Å²) in [6.45, 7) is 0.214. The second-order valence-electron chi connectivity index (χ2n) is 4.39. The number of nitrogens with one attached hydrogen (secondary N) is 1. The van der Waals surface area contributed by atoms with Crippen LogP contribution in [0.2, 0.25) is 5.02 Å². The van der Waals surface area contributed by atoms with Crippen LogP contribution in [-0.2, 0) is 6.54 Å². The quantitative estimate of drug-likeness (QED) is 0.682.